The quantitative estimate of drug-likeness (QED) is 0.244. The van der Waals surface area contributed by atoms with Crippen LogP contribution in [0.15, 0.2) is 69.9 Å². The first kappa shape index (κ1) is 24.9. The summed E-state index contributed by atoms with van der Waals surface area (Å²) in [5.41, 5.74) is 2.85. The van der Waals surface area contributed by atoms with E-state index in [0.717, 1.165) is 35.3 Å². The molecule has 0 fully saturated rings. The van der Waals surface area contributed by atoms with E-state index in [2.05, 4.69) is 6.92 Å². The van der Waals surface area contributed by atoms with E-state index in [4.69, 9.17) is 25.5 Å². The summed E-state index contributed by atoms with van der Waals surface area (Å²) in [7, 11) is 1.61. The van der Waals surface area contributed by atoms with Gasteiger partial charge in [0.15, 0.2) is 5.43 Å². The predicted molar refractivity (Wildman–Crippen MR) is 144 cm³/mol. The molecule has 0 radical (unpaired) electrons. The van der Waals surface area contributed by atoms with E-state index in [9.17, 15) is 9.59 Å². The number of aryl methyl sites for hydroxylation is 1. The largest absolute Gasteiger partial charge is 0.497 e. The topological polar surface area (TPSA) is 69.0 Å². The zero-order valence-electron chi connectivity index (χ0n) is 21.0. The van der Waals surface area contributed by atoms with Crippen molar-refractivity contribution in [1.29, 1.82) is 0 Å². The van der Waals surface area contributed by atoms with E-state index < -0.39 is 6.04 Å². The molecule has 1 aliphatic heterocycles. The highest BCUT2D eigenvalue weighted by atomic mass is 35.5. The Hall–Kier alpha value is -3.77. The van der Waals surface area contributed by atoms with Crippen LogP contribution in [0.25, 0.3) is 11.0 Å². The monoisotopic (exact) mass is 517 g/mol. The third-order valence-corrected chi connectivity index (χ3v) is 7.11. The van der Waals surface area contributed by atoms with Crippen LogP contribution in [0, 0.1) is 6.92 Å². The second kappa shape index (κ2) is 10.3. The number of rotatable bonds is 8. The molecule has 1 amide bonds. The Morgan fingerprint density at radius 3 is 2.54 bits per heavy atom. The molecule has 2 heterocycles. The lowest BCUT2D eigenvalue weighted by molar-refractivity contribution is 0.0714. The number of hydrogen-bond acceptors (Lipinski definition) is 5. The lowest BCUT2D eigenvalue weighted by Gasteiger charge is -2.25. The molecule has 7 heteroatoms. The van der Waals surface area contributed by atoms with Crippen LogP contribution in [0.1, 0.15) is 58.6 Å². The minimum atomic E-state index is -0.639. The summed E-state index contributed by atoms with van der Waals surface area (Å²) in [6.07, 6.45) is 1.96. The Labute approximate surface area is 220 Å². The van der Waals surface area contributed by atoms with Crippen molar-refractivity contribution in [3.8, 4) is 11.5 Å². The fourth-order valence-electron chi connectivity index (χ4n) is 4.69. The van der Waals surface area contributed by atoms with Gasteiger partial charge in [-0.15, -0.1) is 0 Å². The molecule has 1 unspecified atom stereocenters. The van der Waals surface area contributed by atoms with Crippen LogP contribution in [0.5, 0.6) is 11.5 Å². The number of fused-ring (bicyclic) bond motifs is 2. The summed E-state index contributed by atoms with van der Waals surface area (Å²) in [4.78, 5) is 29.3. The molecule has 0 bridgehead atoms. The molecule has 4 aromatic rings. The number of carbonyl (C=O) groups is 1. The van der Waals surface area contributed by atoms with Crippen molar-refractivity contribution in [3.05, 3.63) is 104 Å². The van der Waals surface area contributed by atoms with Gasteiger partial charge < -0.3 is 18.8 Å². The van der Waals surface area contributed by atoms with Gasteiger partial charge in [0.1, 0.15) is 17.1 Å². The SMILES string of the molecule is CCCCOc1cccc(C2c3c(oc4cc(C)c(Cl)cc4c3=O)C(=O)N2Cc2ccc(OC)cc2)c1. The smallest absolute Gasteiger partial charge is 0.291 e. The van der Waals surface area contributed by atoms with Crippen LogP contribution in [0.4, 0.5) is 0 Å². The van der Waals surface area contributed by atoms with Crippen molar-refractivity contribution < 1.29 is 18.7 Å². The average Bonchev–Trinajstić information content (AvgIpc) is 3.17. The van der Waals surface area contributed by atoms with Gasteiger partial charge in [-0.05, 0) is 66.4 Å². The number of benzene rings is 3. The van der Waals surface area contributed by atoms with Crippen LogP contribution in [-0.4, -0.2) is 24.5 Å². The second-order valence-electron chi connectivity index (χ2n) is 9.23. The van der Waals surface area contributed by atoms with E-state index in [0.29, 0.717) is 33.9 Å². The summed E-state index contributed by atoms with van der Waals surface area (Å²) in [6.45, 7) is 4.82. The predicted octanol–water partition coefficient (Wildman–Crippen LogP) is 6.69. The van der Waals surface area contributed by atoms with Gasteiger partial charge in [-0.25, -0.2) is 0 Å². The first-order chi connectivity index (χ1) is 17.9. The molecule has 190 valence electrons. The summed E-state index contributed by atoms with van der Waals surface area (Å²) in [6, 6.07) is 17.8. The van der Waals surface area contributed by atoms with Gasteiger partial charge >= 0.3 is 0 Å². The van der Waals surface area contributed by atoms with E-state index in [1.807, 2.05) is 55.5 Å². The van der Waals surface area contributed by atoms with Gasteiger partial charge in [0, 0.05) is 11.6 Å². The minimum Gasteiger partial charge on any atom is -0.497 e. The fourth-order valence-corrected chi connectivity index (χ4v) is 4.85. The van der Waals surface area contributed by atoms with Crippen molar-refractivity contribution in [2.75, 3.05) is 13.7 Å². The summed E-state index contributed by atoms with van der Waals surface area (Å²) >= 11 is 6.35. The summed E-state index contributed by atoms with van der Waals surface area (Å²) in [5.74, 6) is 1.15. The van der Waals surface area contributed by atoms with Crippen LogP contribution < -0.4 is 14.9 Å². The second-order valence-corrected chi connectivity index (χ2v) is 9.64. The van der Waals surface area contributed by atoms with Crippen LogP contribution in [0.2, 0.25) is 5.02 Å². The Morgan fingerprint density at radius 1 is 1.03 bits per heavy atom. The maximum atomic E-state index is 13.8. The zero-order chi connectivity index (χ0) is 26.1. The molecule has 1 atom stereocenters. The lowest BCUT2D eigenvalue weighted by atomic mass is 9.97. The highest BCUT2D eigenvalue weighted by Gasteiger charge is 2.43. The zero-order valence-corrected chi connectivity index (χ0v) is 21.8. The normalized spacial score (nSPS) is 14.8. The molecule has 1 aliphatic rings. The molecular formula is C30H28ClNO5. The maximum absolute atomic E-state index is 13.8. The van der Waals surface area contributed by atoms with Gasteiger partial charge in [0.05, 0.1) is 30.7 Å². The van der Waals surface area contributed by atoms with Gasteiger partial charge in [-0.3, -0.25) is 9.59 Å². The van der Waals surface area contributed by atoms with Gasteiger partial charge in [-0.1, -0.05) is 49.2 Å². The van der Waals surface area contributed by atoms with E-state index >= 15 is 0 Å². The van der Waals surface area contributed by atoms with Crippen molar-refractivity contribution in [1.82, 2.24) is 4.90 Å². The Bertz CT molecular complexity index is 1530. The molecule has 1 aromatic heterocycles. The molecular weight excluding hydrogens is 490 g/mol. The standard InChI is InChI=1S/C30H28ClNO5/c1-4-5-13-36-22-8-6-7-20(15-22)27-26-28(33)23-16-24(31)18(2)14-25(23)37-29(26)30(34)32(27)17-19-9-11-21(35-3)12-10-19/h6-12,14-16,27H,4-5,13,17H2,1-3H3. The molecule has 0 spiro atoms. The molecule has 3 aromatic carbocycles. The number of hydrogen-bond donors (Lipinski definition) is 0. The number of unbranched alkanes of at least 4 members (excludes halogenated alkanes) is 1. The van der Waals surface area contributed by atoms with Gasteiger partial charge in [0.2, 0.25) is 5.76 Å². The van der Waals surface area contributed by atoms with Gasteiger partial charge in [0.25, 0.3) is 5.91 Å². The summed E-state index contributed by atoms with van der Waals surface area (Å²) in [5, 5.41) is 0.829. The summed E-state index contributed by atoms with van der Waals surface area (Å²) < 4.78 is 17.3. The molecule has 37 heavy (non-hydrogen) atoms. The Balaban J connectivity index is 1.65. The number of carbonyl (C=O) groups excluding carboxylic acids is 1. The highest BCUT2D eigenvalue weighted by molar-refractivity contribution is 6.32. The number of halogens is 1. The first-order valence-corrected chi connectivity index (χ1v) is 12.7. The van der Waals surface area contributed by atoms with Crippen molar-refractivity contribution in [2.24, 2.45) is 0 Å². The molecule has 0 N–H and O–H groups in total. The van der Waals surface area contributed by atoms with E-state index in [-0.39, 0.29) is 23.6 Å². The maximum Gasteiger partial charge on any atom is 0.291 e. The van der Waals surface area contributed by atoms with Crippen LogP contribution in [-0.2, 0) is 6.54 Å². The molecule has 6 nitrogen and oxygen atoms in total. The third kappa shape index (κ3) is 4.69. The average molecular weight is 518 g/mol. The van der Waals surface area contributed by atoms with E-state index in [1.165, 1.54) is 0 Å². The van der Waals surface area contributed by atoms with Crippen LogP contribution >= 0.6 is 11.6 Å². The third-order valence-electron chi connectivity index (χ3n) is 6.70. The Kier molecular flexibility index (Phi) is 6.94. The molecule has 0 saturated carbocycles. The van der Waals surface area contributed by atoms with Gasteiger partial charge in [-0.2, -0.15) is 0 Å². The number of methoxy groups -OCH3 is 1. The number of amides is 1. The molecule has 0 aliphatic carbocycles. The minimum absolute atomic E-state index is 0.0649. The first-order valence-electron chi connectivity index (χ1n) is 12.3. The number of nitrogens with zero attached hydrogens (tertiary/aromatic N) is 1. The molecule has 5 rings (SSSR count). The van der Waals surface area contributed by atoms with Crippen molar-refractivity contribution in [2.45, 2.75) is 39.3 Å². The fraction of sp³-hybridized carbons (Fsp3) is 0.267. The Morgan fingerprint density at radius 2 is 1.81 bits per heavy atom. The van der Waals surface area contributed by atoms with E-state index in [1.54, 1.807) is 24.1 Å². The lowest BCUT2D eigenvalue weighted by Crippen LogP contribution is -2.29. The van der Waals surface area contributed by atoms with Crippen molar-refractivity contribution in [3.63, 3.8) is 0 Å². The molecule has 0 saturated heterocycles. The number of ether oxygens (including phenoxy) is 2. The highest BCUT2D eigenvalue weighted by Crippen LogP contribution is 2.40. The van der Waals surface area contributed by atoms with Crippen LogP contribution in [0.3, 0.4) is 0 Å². The van der Waals surface area contributed by atoms with Crippen molar-refractivity contribution >= 4 is 28.5 Å².